The molecule has 1 atom stereocenters. The summed E-state index contributed by atoms with van der Waals surface area (Å²) in [7, 11) is -1.89. The van der Waals surface area contributed by atoms with Crippen molar-refractivity contribution < 1.29 is 4.80 Å². The molecule has 0 aliphatic heterocycles. The van der Waals surface area contributed by atoms with E-state index in [9.17, 15) is 4.80 Å². The van der Waals surface area contributed by atoms with Gasteiger partial charge in [0, 0.05) is 0 Å². The normalized spacial score (nSPS) is 12.5. The molecule has 0 amide bonds. The molecule has 2 heteroatoms. The summed E-state index contributed by atoms with van der Waals surface area (Å²) in [5.74, 6) is 0. The summed E-state index contributed by atoms with van der Waals surface area (Å²) < 4.78 is 0. The Morgan fingerprint density at radius 3 is 2.55 bits per heavy atom. The van der Waals surface area contributed by atoms with Crippen LogP contribution in [0.1, 0.15) is 5.56 Å². The topological polar surface area (TPSA) is 19.9 Å². The number of benzene rings is 1. The molecule has 0 N–H and O–H groups in total. The van der Waals surface area contributed by atoms with E-state index in [2.05, 4.69) is 6.58 Å². The van der Waals surface area contributed by atoms with Crippen molar-refractivity contribution in [1.82, 2.24) is 0 Å². The summed E-state index contributed by atoms with van der Waals surface area (Å²) in [4.78, 5) is 11.1. The Bertz CT molecular complexity index is 220. The molecular weight excluding hydrogens is 152 g/mol. The zero-order valence-electron chi connectivity index (χ0n) is 6.36. The van der Waals surface area contributed by atoms with Gasteiger partial charge in [-0.25, -0.2) is 0 Å². The fourth-order valence-corrected chi connectivity index (χ4v) is 1.83. The summed E-state index contributed by atoms with van der Waals surface area (Å²) in [6.45, 7) is 3.51. The molecule has 0 bridgehead atoms. The molecule has 0 heterocycles. The molecule has 57 valence electrons. The summed E-state index contributed by atoms with van der Waals surface area (Å²) >= 11 is 0. The number of hydrogen-bond donors (Lipinski definition) is 0. The standard InChI is InChI=1S/C9H11OSi/c1-2-11(10)8-9-6-4-3-5-7-9/h2-7,11H,1,8H2. The van der Waals surface area contributed by atoms with Crippen molar-refractivity contribution in [3.63, 3.8) is 0 Å². The van der Waals surface area contributed by atoms with Crippen LogP contribution in [0, 0.1) is 0 Å². The largest absolute Gasteiger partial charge is 0.296 e. The monoisotopic (exact) mass is 163 g/mol. The van der Waals surface area contributed by atoms with Crippen LogP contribution < -0.4 is 0 Å². The van der Waals surface area contributed by atoms with Crippen LogP contribution in [0.15, 0.2) is 42.6 Å². The lowest BCUT2D eigenvalue weighted by molar-refractivity contribution is 0.457. The second-order valence-corrected chi connectivity index (χ2v) is 4.42. The van der Waals surface area contributed by atoms with Crippen LogP contribution in [0.5, 0.6) is 0 Å². The van der Waals surface area contributed by atoms with E-state index in [-0.39, 0.29) is 0 Å². The van der Waals surface area contributed by atoms with Crippen LogP contribution in [0.2, 0.25) is 0 Å². The van der Waals surface area contributed by atoms with Gasteiger partial charge in [-0.15, -0.1) is 6.58 Å². The van der Waals surface area contributed by atoms with Crippen molar-refractivity contribution >= 4 is 9.04 Å². The molecule has 0 spiro atoms. The van der Waals surface area contributed by atoms with Crippen LogP contribution in [0.25, 0.3) is 0 Å². The second kappa shape index (κ2) is 4.11. The van der Waals surface area contributed by atoms with Crippen molar-refractivity contribution in [2.75, 3.05) is 0 Å². The van der Waals surface area contributed by atoms with E-state index in [0.717, 1.165) is 5.56 Å². The highest BCUT2D eigenvalue weighted by Gasteiger charge is 2.03. The Hall–Kier alpha value is -0.863. The van der Waals surface area contributed by atoms with Crippen LogP contribution in [-0.2, 0) is 10.8 Å². The van der Waals surface area contributed by atoms with E-state index in [1.165, 1.54) is 0 Å². The van der Waals surface area contributed by atoms with Gasteiger partial charge in [0.15, 0.2) is 0 Å². The molecule has 1 aromatic carbocycles. The molecule has 0 fully saturated rings. The van der Waals surface area contributed by atoms with Gasteiger partial charge in [-0.05, 0) is 11.6 Å². The van der Waals surface area contributed by atoms with Crippen molar-refractivity contribution in [2.24, 2.45) is 0 Å². The molecule has 0 saturated carbocycles. The number of hydrogen-bond acceptors (Lipinski definition) is 0. The lowest BCUT2D eigenvalue weighted by atomic mass is 10.2. The van der Waals surface area contributed by atoms with Gasteiger partial charge in [0.05, 0.1) is 0 Å². The zero-order chi connectivity index (χ0) is 8.10. The third kappa shape index (κ3) is 2.70. The minimum Gasteiger partial charge on any atom is -0.296 e. The SMILES string of the molecule is C=C[SiH]([O])Cc1ccccc1. The van der Waals surface area contributed by atoms with Crippen LogP contribution in [0.4, 0.5) is 0 Å². The first kappa shape index (κ1) is 8.24. The van der Waals surface area contributed by atoms with Crippen LogP contribution in [-0.4, -0.2) is 9.04 Å². The summed E-state index contributed by atoms with van der Waals surface area (Å²) in [5.41, 5.74) is 2.71. The minimum atomic E-state index is -1.89. The van der Waals surface area contributed by atoms with Crippen molar-refractivity contribution in [3.8, 4) is 0 Å². The van der Waals surface area contributed by atoms with Crippen molar-refractivity contribution in [1.29, 1.82) is 0 Å². The van der Waals surface area contributed by atoms with Gasteiger partial charge in [0.1, 0.15) is 0 Å². The first-order valence-electron chi connectivity index (χ1n) is 3.65. The van der Waals surface area contributed by atoms with E-state index < -0.39 is 9.04 Å². The highest BCUT2D eigenvalue weighted by atomic mass is 28.3. The second-order valence-electron chi connectivity index (χ2n) is 2.46. The van der Waals surface area contributed by atoms with E-state index >= 15 is 0 Å². The quantitative estimate of drug-likeness (QED) is 0.604. The average Bonchev–Trinajstić information content (AvgIpc) is 2.06. The first-order valence-corrected chi connectivity index (χ1v) is 5.60. The Balaban J connectivity index is 2.57. The van der Waals surface area contributed by atoms with Gasteiger partial charge in [0.2, 0.25) is 9.04 Å². The molecule has 1 aromatic rings. The molecule has 0 aromatic heterocycles. The molecular formula is C9H11OSi. The first-order chi connectivity index (χ1) is 5.33. The van der Waals surface area contributed by atoms with Gasteiger partial charge in [-0.1, -0.05) is 36.0 Å². The van der Waals surface area contributed by atoms with E-state index in [4.69, 9.17) is 0 Å². The lowest BCUT2D eigenvalue weighted by Gasteiger charge is -1.99. The van der Waals surface area contributed by atoms with Gasteiger partial charge >= 0.3 is 0 Å². The summed E-state index contributed by atoms with van der Waals surface area (Å²) in [5, 5.41) is 0. The number of rotatable bonds is 3. The van der Waals surface area contributed by atoms with Gasteiger partial charge in [-0.3, -0.25) is 4.80 Å². The van der Waals surface area contributed by atoms with E-state index in [1.807, 2.05) is 30.3 Å². The van der Waals surface area contributed by atoms with Crippen LogP contribution >= 0.6 is 0 Å². The molecule has 0 aliphatic carbocycles. The molecule has 1 rings (SSSR count). The molecule has 1 nitrogen and oxygen atoms in total. The maximum Gasteiger partial charge on any atom is 0.249 e. The van der Waals surface area contributed by atoms with Crippen molar-refractivity contribution in [3.05, 3.63) is 48.2 Å². The molecule has 0 aliphatic rings. The molecule has 0 saturated heterocycles. The lowest BCUT2D eigenvalue weighted by Crippen LogP contribution is -2.10. The fourth-order valence-electron chi connectivity index (χ4n) is 0.930. The predicted molar refractivity (Wildman–Crippen MR) is 48.2 cm³/mol. The fraction of sp³-hybridized carbons (Fsp3) is 0.111. The smallest absolute Gasteiger partial charge is 0.249 e. The Morgan fingerprint density at radius 2 is 2.00 bits per heavy atom. The highest BCUT2D eigenvalue weighted by Crippen LogP contribution is 2.01. The summed E-state index contributed by atoms with van der Waals surface area (Å²) in [6.07, 6.45) is 0. The minimum absolute atomic E-state index is 0.685. The van der Waals surface area contributed by atoms with Gasteiger partial charge < -0.3 is 0 Å². The zero-order valence-corrected chi connectivity index (χ0v) is 7.52. The van der Waals surface area contributed by atoms with E-state index in [1.54, 1.807) is 5.70 Å². The molecule has 1 radical (unpaired) electrons. The third-order valence-corrected chi connectivity index (χ3v) is 2.94. The van der Waals surface area contributed by atoms with Crippen molar-refractivity contribution in [2.45, 2.75) is 6.04 Å². The average molecular weight is 163 g/mol. The van der Waals surface area contributed by atoms with Gasteiger partial charge in [0.25, 0.3) is 0 Å². The highest BCUT2D eigenvalue weighted by molar-refractivity contribution is 6.55. The maximum absolute atomic E-state index is 11.1. The molecule has 11 heavy (non-hydrogen) atoms. The maximum atomic E-state index is 11.1. The third-order valence-electron chi connectivity index (χ3n) is 1.54. The van der Waals surface area contributed by atoms with E-state index in [0.29, 0.717) is 6.04 Å². The molecule has 1 unspecified atom stereocenters. The summed E-state index contributed by atoms with van der Waals surface area (Å²) in [6, 6.07) is 10.5. The Kier molecular flexibility index (Phi) is 3.07. The Morgan fingerprint density at radius 1 is 1.36 bits per heavy atom. The predicted octanol–water partition coefficient (Wildman–Crippen LogP) is 1.65. The van der Waals surface area contributed by atoms with Crippen LogP contribution in [0.3, 0.4) is 0 Å². The van der Waals surface area contributed by atoms with Gasteiger partial charge in [-0.2, -0.15) is 0 Å². The Labute approximate surface area is 68.7 Å².